The van der Waals surface area contributed by atoms with Gasteiger partial charge in [-0.2, -0.15) is 0 Å². The van der Waals surface area contributed by atoms with E-state index in [4.69, 9.17) is 11.6 Å². The predicted molar refractivity (Wildman–Crippen MR) is 72.5 cm³/mol. The van der Waals surface area contributed by atoms with Crippen molar-refractivity contribution in [2.45, 2.75) is 46.1 Å². The van der Waals surface area contributed by atoms with Gasteiger partial charge >= 0.3 is 0 Å². The van der Waals surface area contributed by atoms with Crippen LogP contribution in [0.3, 0.4) is 0 Å². The molecular weight excluding hydrogens is 252 g/mol. The van der Waals surface area contributed by atoms with Gasteiger partial charge in [0.05, 0.1) is 0 Å². The Labute approximate surface area is 114 Å². The topological polar surface area (TPSA) is 49.4 Å². The number of hydrogen-bond donors (Lipinski definition) is 1. The molecule has 1 saturated heterocycles. The van der Waals surface area contributed by atoms with Crippen LogP contribution in [0.4, 0.5) is 0 Å². The number of halogens is 1. The summed E-state index contributed by atoms with van der Waals surface area (Å²) < 4.78 is 0. The highest BCUT2D eigenvalue weighted by atomic mass is 35.5. The lowest BCUT2D eigenvalue weighted by Gasteiger charge is -2.36. The second-order valence-electron chi connectivity index (χ2n) is 5.82. The van der Waals surface area contributed by atoms with E-state index in [-0.39, 0.29) is 23.3 Å². The van der Waals surface area contributed by atoms with Crippen molar-refractivity contribution in [3.8, 4) is 0 Å². The third kappa shape index (κ3) is 4.48. The van der Waals surface area contributed by atoms with Crippen LogP contribution in [0.2, 0.25) is 0 Å². The summed E-state index contributed by atoms with van der Waals surface area (Å²) in [5, 5.41) is 2.96. The third-order valence-electron chi connectivity index (χ3n) is 3.11. The van der Waals surface area contributed by atoms with Crippen molar-refractivity contribution >= 4 is 23.4 Å². The number of hydrogen-bond acceptors (Lipinski definition) is 2. The lowest BCUT2D eigenvalue weighted by Crippen LogP contribution is -2.49. The quantitative estimate of drug-likeness (QED) is 0.798. The number of carbonyl (C=O) groups excluding carboxylic acids is 2. The van der Waals surface area contributed by atoms with Gasteiger partial charge in [0.15, 0.2) is 0 Å². The predicted octanol–water partition coefficient (Wildman–Crippen LogP) is 1.77. The van der Waals surface area contributed by atoms with Gasteiger partial charge in [0, 0.05) is 36.8 Å². The largest absolute Gasteiger partial charge is 0.353 e. The van der Waals surface area contributed by atoms with E-state index in [1.54, 1.807) is 0 Å². The Balaban J connectivity index is 2.37. The summed E-state index contributed by atoms with van der Waals surface area (Å²) in [4.78, 5) is 25.4. The van der Waals surface area contributed by atoms with Gasteiger partial charge in [-0.05, 0) is 12.8 Å². The Morgan fingerprint density at radius 3 is 2.28 bits per heavy atom. The molecule has 1 aliphatic rings. The van der Waals surface area contributed by atoms with Gasteiger partial charge in [-0.15, -0.1) is 11.6 Å². The SMILES string of the molecule is CC(C)(C)C(=O)N1CCC(NC(=O)CCCl)CC1. The van der Waals surface area contributed by atoms with E-state index >= 15 is 0 Å². The molecule has 0 atom stereocenters. The van der Waals surface area contributed by atoms with Gasteiger partial charge in [-0.25, -0.2) is 0 Å². The van der Waals surface area contributed by atoms with Crippen molar-refractivity contribution < 1.29 is 9.59 Å². The zero-order valence-corrected chi connectivity index (χ0v) is 12.2. The number of nitrogens with one attached hydrogen (secondary N) is 1. The van der Waals surface area contributed by atoms with Gasteiger partial charge in [-0.1, -0.05) is 20.8 Å². The highest BCUT2D eigenvalue weighted by molar-refractivity contribution is 6.18. The van der Waals surface area contributed by atoms with Crippen molar-refractivity contribution in [2.75, 3.05) is 19.0 Å². The Bertz CT molecular complexity index is 305. The lowest BCUT2D eigenvalue weighted by atomic mass is 9.93. The van der Waals surface area contributed by atoms with E-state index in [2.05, 4.69) is 5.32 Å². The molecule has 0 aromatic heterocycles. The number of amides is 2. The molecule has 1 rings (SSSR count). The molecule has 0 aromatic carbocycles. The van der Waals surface area contributed by atoms with Crippen LogP contribution in [0.15, 0.2) is 0 Å². The molecule has 1 aliphatic heterocycles. The highest BCUT2D eigenvalue weighted by Crippen LogP contribution is 2.20. The van der Waals surface area contributed by atoms with Gasteiger partial charge in [0.25, 0.3) is 0 Å². The zero-order valence-electron chi connectivity index (χ0n) is 11.5. The molecular formula is C13H23ClN2O2. The van der Waals surface area contributed by atoms with Crippen LogP contribution in [0.1, 0.15) is 40.0 Å². The summed E-state index contributed by atoms with van der Waals surface area (Å²) in [6, 6.07) is 0.185. The van der Waals surface area contributed by atoms with Crippen molar-refractivity contribution in [3.63, 3.8) is 0 Å². The van der Waals surface area contributed by atoms with Gasteiger partial charge in [-0.3, -0.25) is 9.59 Å². The second kappa shape index (κ2) is 6.41. The van der Waals surface area contributed by atoms with Crippen molar-refractivity contribution in [2.24, 2.45) is 5.41 Å². The average Bonchev–Trinajstić information content (AvgIpc) is 2.28. The van der Waals surface area contributed by atoms with Crippen molar-refractivity contribution in [3.05, 3.63) is 0 Å². The molecule has 0 bridgehead atoms. The number of piperidine rings is 1. The molecule has 0 radical (unpaired) electrons. The summed E-state index contributed by atoms with van der Waals surface area (Å²) in [5.74, 6) is 0.548. The van der Waals surface area contributed by atoms with E-state index in [0.717, 1.165) is 25.9 Å². The average molecular weight is 275 g/mol. The van der Waals surface area contributed by atoms with E-state index in [1.165, 1.54) is 0 Å². The van der Waals surface area contributed by atoms with E-state index < -0.39 is 0 Å². The van der Waals surface area contributed by atoms with Crippen LogP contribution >= 0.6 is 11.6 Å². The fourth-order valence-electron chi connectivity index (χ4n) is 2.09. The summed E-state index contributed by atoms with van der Waals surface area (Å²) >= 11 is 5.52. The first kappa shape index (κ1) is 15.3. The van der Waals surface area contributed by atoms with Crippen LogP contribution in [0.25, 0.3) is 0 Å². The molecule has 0 aromatic rings. The molecule has 104 valence electrons. The number of alkyl halides is 1. The smallest absolute Gasteiger partial charge is 0.227 e. The maximum atomic E-state index is 12.1. The molecule has 1 fully saturated rings. The highest BCUT2D eigenvalue weighted by Gasteiger charge is 2.30. The standard InChI is InChI=1S/C13H23ClN2O2/c1-13(2,3)12(18)16-8-5-10(6-9-16)15-11(17)4-7-14/h10H,4-9H2,1-3H3,(H,15,17). The molecule has 2 amide bonds. The molecule has 0 aliphatic carbocycles. The Kier molecular flexibility index (Phi) is 5.45. The Morgan fingerprint density at radius 1 is 1.28 bits per heavy atom. The van der Waals surface area contributed by atoms with E-state index in [9.17, 15) is 9.59 Å². The summed E-state index contributed by atoms with van der Waals surface area (Å²) in [6.07, 6.45) is 2.02. The normalized spacial score (nSPS) is 17.7. The second-order valence-corrected chi connectivity index (χ2v) is 6.20. The fourth-order valence-corrected chi connectivity index (χ4v) is 2.26. The number of nitrogens with zero attached hydrogens (tertiary/aromatic N) is 1. The van der Waals surface area contributed by atoms with Gasteiger partial charge in [0.2, 0.25) is 11.8 Å². The van der Waals surface area contributed by atoms with Crippen molar-refractivity contribution in [1.82, 2.24) is 10.2 Å². The molecule has 1 N–H and O–H groups in total. The first-order valence-corrected chi connectivity index (χ1v) is 7.02. The fraction of sp³-hybridized carbons (Fsp3) is 0.846. The molecule has 0 saturated carbocycles. The number of rotatable bonds is 3. The first-order valence-electron chi connectivity index (χ1n) is 6.49. The minimum absolute atomic E-state index is 0.00518. The van der Waals surface area contributed by atoms with Crippen LogP contribution < -0.4 is 5.32 Å². The zero-order chi connectivity index (χ0) is 13.8. The molecule has 5 heteroatoms. The van der Waals surface area contributed by atoms with E-state index in [0.29, 0.717) is 12.3 Å². The molecule has 1 heterocycles. The minimum atomic E-state index is -0.325. The van der Waals surface area contributed by atoms with Gasteiger partial charge < -0.3 is 10.2 Å². The summed E-state index contributed by atoms with van der Waals surface area (Å²) in [6.45, 7) is 7.25. The Hall–Kier alpha value is -0.770. The van der Waals surface area contributed by atoms with E-state index in [1.807, 2.05) is 25.7 Å². The third-order valence-corrected chi connectivity index (χ3v) is 3.30. The Morgan fingerprint density at radius 2 is 1.83 bits per heavy atom. The van der Waals surface area contributed by atoms with Crippen molar-refractivity contribution in [1.29, 1.82) is 0 Å². The van der Waals surface area contributed by atoms with Gasteiger partial charge in [0.1, 0.15) is 0 Å². The molecule has 4 nitrogen and oxygen atoms in total. The first-order chi connectivity index (χ1) is 8.34. The minimum Gasteiger partial charge on any atom is -0.353 e. The van der Waals surface area contributed by atoms with Crippen LogP contribution in [0.5, 0.6) is 0 Å². The monoisotopic (exact) mass is 274 g/mol. The lowest BCUT2D eigenvalue weighted by molar-refractivity contribution is -0.140. The maximum Gasteiger partial charge on any atom is 0.227 e. The molecule has 0 spiro atoms. The number of likely N-dealkylation sites (tertiary alicyclic amines) is 1. The maximum absolute atomic E-state index is 12.1. The summed E-state index contributed by atoms with van der Waals surface area (Å²) in [5.41, 5.74) is -0.325. The molecule has 0 unspecified atom stereocenters. The summed E-state index contributed by atoms with van der Waals surface area (Å²) in [7, 11) is 0. The number of carbonyl (C=O) groups is 2. The van der Waals surface area contributed by atoms with Crippen LogP contribution in [-0.4, -0.2) is 41.7 Å². The van der Waals surface area contributed by atoms with Crippen LogP contribution in [0, 0.1) is 5.41 Å². The van der Waals surface area contributed by atoms with Crippen LogP contribution in [-0.2, 0) is 9.59 Å². The molecule has 18 heavy (non-hydrogen) atoms.